The van der Waals surface area contributed by atoms with E-state index in [9.17, 15) is 4.79 Å². The van der Waals surface area contributed by atoms with Crippen LogP contribution in [0.1, 0.15) is 21.9 Å². The minimum absolute atomic E-state index is 0.149. The second-order valence-electron chi connectivity index (χ2n) is 6.77. The van der Waals surface area contributed by atoms with Gasteiger partial charge in [-0.3, -0.25) is 9.48 Å². The predicted molar refractivity (Wildman–Crippen MR) is 124 cm³/mol. The lowest BCUT2D eigenvalue weighted by atomic mass is 10.2. The second kappa shape index (κ2) is 9.93. The average molecular weight is 517 g/mol. The molecule has 0 saturated carbocycles. The number of aromatic nitrogens is 2. The first-order valence-corrected chi connectivity index (χ1v) is 10.8. The third-order valence-electron chi connectivity index (χ3n) is 4.56. The van der Waals surface area contributed by atoms with Crippen LogP contribution in [0.25, 0.3) is 0 Å². The Morgan fingerprint density at radius 1 is 1.12 bits per heavy atom. The van der Waals surface area contributed by atoms with Crippen molar-refractivity contribution in [3.8, 4) is 11.5 Å². The van der Waals surface area contributed by atoms with E-state index in [0.717, 1.165) is 5.56 Å². The van der Waals surface area contributed by atoms with E-state index in [1.165, 1.54) is 0 Å². The van der Waals surface area contributed by atoms with Gasteiger partial charge in [0.25, 0.3) is 5.91 Å². The standard InChI is InChI=1S/C23H19BrClN3O4/c1-30-19-8-4-5-9-20(19)31-14-16-10-11-21(32-16)23(29)26-22-17(24)13-28(27-22)12-15-6-2-3-7-18(15)25/h2-11,13H,12,14H2,1H3,(H,26,27,29). The van der Waals surface area contributed by atoms with Gasteiger partial charge in [0.15, 0.2) is 23.1 Å². The number of halogens is 2. The number of carbonyl (C=O) groups excluding carboxylic acids is 1. The van der Waals surface area contributed by atoms with Gasteiger partial charge in [-0.25, -0.2) is 0 Å². The zero-order valence-electron chi connectivity index (χ0n) is 17.0. The smallest absolute Gasteiger partial charge is 0.292 e. The summed E-state index contributed by atoms with van der Waals surface area (Å²) in [6, 6.07) is 18.1. The number of benzene rings is 2. The summed E-state index contributed by atoms with van der Waals surface area (Å²) in [4.78, 5) is 12.6. The summed E-state index contributed by atoms with van der Waals surface area (Å²) in [5.74, 6) is 1.82. The van der Waals surface area contributed by atoms with Crippen LogP contribution in [0.4, 0.5) is 5.82 Å². The number of nitrogens with zero attached hydrogens (tertiary/aromatic N) is 2. The summed E-state index contributed by atoms with van der Waals surface area (Å²) >= 11 is 9.64. The van der Waals surface area contributed by atoms with E-state index in [4.69, 9.17) is 25.5 Å². The Bertz CT molecular complexity index is 1240. The van der Waals surface area contributed by atoms with Crippen molar-refractivity contribution < 1.29 is 18.7 Å². The van der Waals surface area contributed by atoms with Gasteiger partial charge in [0.2, 0.25) is 0 Å². The van der Waals surface area contributed by atoms with Crippen LogP contribution in [0.3, 0.4) is 0 Å². The van der Waals surface area contributed by atoms with Crippen LogP contribution in [-0.4, -0.2) is 22.8 Å². The predicted octanol–water partition coefficient (Wildman–Crippen LogP) is 5.78. The molecule has 0 unspecified atom stereocenters. The highest BCUT2D eigenvalue weighted by molar-refractivity contribution is 9.10. The summed E-state index contributed by atoms with van der Waals surface area (Å²) < 4.78 is 18.9. The molecule has 164 valence electrons. The van der Waals surface area contributed by atoms with Crippen LogP contribution < -0.4 is 14.8 Å². The molecular weight excluding hydrogens is 498 g/mol. The molecule has 1 N–H and O–H groups in total. The van der Waals surface area contributed by atoms with Gasteiger partial charge in [0.1, 0.15) is 12.4 Å². The molecule has 0 aliphatic heterocycles. The molecule has 2 aromatic heterocycles. The maximum Gasteiger partial charge on any atom is 0.292 e. The number of methoxy groups -OCH3 is 1. The number of hydrogen-bond acceptors (Lipinski definition) is 5. The zero-order chi connectivity index (χ0) is 22.5. The minimum Gasteiger partial charge on any atom is -0.493 e. The number of rotatable bonds is 8. The molecule has 4 aromatic rings. The Hall–Kier alpha value is -3.23. The number of hydrogen-bond donors (Lipinski definition) is 1. The fourth-order valence-electron chi connectivity index (χ4n) is 3.00. The topological polar surface area (TPSA) is 78.5 Å². The Balaban J connectivity index is 1.39. The molecule has 0 radical (unpaired) electrons. The Labute approximate surface area is 198 Å². The quantitative estimate of drug-likeness (QED) is 0.321. The van der Waals surface area contributed by atoms with Gasteiger partial charge < -0.3 is 19.2 Å². The number of amides is 1. The van der Waals surface area contributed by atoms with Crippen molar-refractivity contribution in [3.63, 3.8) is 0 Å². The van der Waals surface area contributed by atoms with E-state index in [0.29, 0.717) is 39.1 Å². The normalized spacial score (nSPS) is 10.7. The fourth-order valence-corrected chi connectivity index (χ4v) is 3.61. The molecule has 32 heavy (non-hydrogen) atoms. The Morgan fingerprint density at radius 3 is 2.66 bits per heavy atom. The molecule has 0 atom stereocenters. The molecule has 0 aliphatic carbocycles. The van der Waals surface area contributed by atoms with Crippen molar-refractivity contribution in [2.24, 2.45) is 0 Å². The lowest BCUT2D eigenvalue weighted by molar-refractivity contribution is 0.0992. The Morgan fingerprint density at radius 2 is 1.88 bits per heavy atom. The molecule has 0 aliphatic rings. The van der Waals surface area contributed by atoms with Gasteiger partial charge in [-0.15, -0.1) is 0 Å². The van der Waals surface area contributed by atoms with Gasteiger partial charge in [-0.1, -0.05) is 41.9 Å². The van der Waals surface area contributed by atoms with Crippen molar-refractivity contribution in [1.29, 1.82) is 0 Å². The molecule has 2 heterocycles. The minimum atomic E-state index is -0.419. The first-order chi connectivity index (χ1) is 15.5. The van der Waals surface area contributed by atoms with Crippen LogP contribution >= 0.6 is 27.5 Å². The van der Waals surface area contributed by atoms with E-state index < -0.39 is 5.91 Å². The van der Waals surface area contributed by atoms with Crippen LogP contribution in [0.5, 0.6) is 11.5 Å². The maximum absolute atomic E-state index is 12.6. The average Bonchev–Trinajstić information content (AvgIpc) is 3.41. The van der Waals surface area contributed by atoms with Crippen molar-refractivity contribution >= 4 is 39.3 Å². The number of furan rings is 1. The van der Waals surface area contributed by atoms with E-state index in [-0.39, 0.29) is 12.4 Å². The molecule has 9 heteroatoms. The fraction of sp³-hybridized carbons (Fsp3) is 0.130. The maximum atomic E-state index is 12.6. The summed E-state index contributed by atoms with van der Waals surface area (Å²) in [5, 5.41) is 7.82. The summed E-state index contributed by atoms with van der Waals surface area (Å²) in [6.07, 6.45) is 1.77. The summed E-state index contributed by atoms with van der Waals surface area (Å²) in [6.45, 7) is 0.628. The summed E-state index contributed by atoms with van der Waals surface area (Å²) in [7, 11) is 1.57. The van der Waals surface area contributed by atoms with Gasteiger partial charge in [0, 0.05) is 11.2 Å². The van der Waals surface area contributed by atoms with Gasteiger partial charge in [0.05, 0.1) is 18.1 Å². The van der Waals surface area contributed by atoms with Gasteiger partial charge >= 0.3 is 0 Å². The van der Waals surface area contributed by atoms with Crippen molar-refractivity contribution in [1.82, 2.24) is 9.78 Å². The second-order valence-corrected chi connectivity index (χ2v) is 8.04. The molecule has 2 aromatic carbocycles. The van der Waals surface area contributed by atoms with Crippen molar-refractivity contribution in [3.05, 3.63) is 93.4 Å². The number of para-hydroxylation sites is 2. The lowest BCUT2D eigenvalue weighted by Gasteiger charge is -2.08. The van der Waals surface area contributed by atoms with E-state index in [1.807, 2.05) is 36.4 Å². The molecule has 0 spiro atoms. The molecule has 1 amide bonds. The van der Waals surface area contributed by atoms with Crippen LogP contribution in [0.15, 0.2) is 75.8 Å². The van der Waals surface area contributed by atoms with E-state index >= 15 is 0 Å². The third kappa shape index (κ3) is 5.15. The number of ether oxygens (including phenoxy) is 2. The van der Waals surface area contributed by atoms with Crippen molar-refractivity contribution in [2.45, 2.75) is 13.2 Å². The van der Waals surface area contributed by atoms with Crippen LogP contribution in [0, 0.1) is 0 Å². The lowest BCUT2D eigenvalue weighted by Crippen LogP contribution is -2.12. The number of nitrogens with one attached hydrogen (secondary N) is 1. The Kier molecular flexibility index (Phi) is 6.82. The highest BCUT2D eigenvalue weighted by atomic mass is 79.9. The van der Waals surface area contributed by atoms with Crippen molar-refractivity contribution in [2.75, 3.05) is 12.4 Å². The molecule has 0 fully saturated rings. The molecule has 0 bridgehead atoms. The first kappa shape index (κ1) is 22.0. The molecule has 0 saturated heterocycles. The van der Waals surface area contributed by atoms with Crippen LogP contribution in [0.2, 0.25) is 5.02 Å². The highest BCUT2D eigenvalue weighted by Crippen LogP contribution is 2.27. The van der Waals surface area contributed by atoms with E-state index in [2.05, 4.69) is 26.3 Å². The third-order valence-corrected chi connectivity index (χ3v) is 5.51. The van der Waals surface area contributed by atoms with Gasteiger partial charge in [-0.2, -0.15) is 5.10 Å². The number of anilines is 1. The zero-order valence-corrected chi connectivity index (χ0v) is 19.4. The molecular formula is C23H19BrClN3O4. The largest absolute Gasteiger partial charge is 0.493 e. The van der Waals surface area contributed by atoms with Crippen LogP contribution in [-0.2, 0) is 13.2 Å². The highest BCUT2D eigenvalue weighted by Gasteiger charge is 2.16. The molecule has 7 nitrogen and oxygen atoms in total. The molecule has 4 rings (SSSR count). The monoisotopic (exact) mass is 515 g/mol. The SMILES string of the molecule is COc1ccccc1OCc1ccc(C(=O)Nc2nn(Cc3ccccc3Cl)cc2Br)o1. The summed E-state index contributed by atoms with van der Waals surface area (Å²) in [5.41, 5.74) is 0.924. The van der Waals surface area contributed by atoms with E-state index in [1.54, 1.807) is 42.3 Å². The first-order valence-electron chi connectivity index (χ1n) is 9.65. The number of carbonyl (C=O) groups is 1. The van der Waals surface area contributed by atoms with Gasteiger partial charge in [-0.05, 0) is 51.8 Å².